The van der Waals surface area contributed by atoms with E-state index in [2.05, 4.69) is 39.1 Å². The maximum atomic E-state index is 5.58. The van der Waals surface area contributed by atoms with E-state index in [0.29, 0.717) is 19.0 Å². The summed E-state index contributed by atoms with van der Waals surface area (Å²) in [7, 11) is 1.65. The highest BCUT2D eigenvalue weighted by Gasteiger charge is 2.14. The van der Waals surface area contributed by atoms with Gasteiger partial charge in [-0.3, -0.25) is 4.98 Å². The maximum Gasteiger partial charge on any atom is 0.150 e. The summed E-state index contributed by atoms with van der Waals surface area (Å²) in [4.78, 5) is 14.8. The second-order valence-corrected chi connectivity index (χ2v) is 6.48. The van der Waals surface area contributed by atoms with Crippen molar-refractivity contribution in [2.24, 2.45) is 0 Å². The summed E-state index contributed by atoms with van der Waals surface area (Å²) in [6.07, 6.45) is 2.74. The van der Waals surface area contributed by atoms with Gasteiger partial charge in [0, 0.05) is 21.6 Å². The fourth-order valence-corrected chi connectivity index (χ4v) is 3.35. The normalized spacial score (nSPS) is 11.0. The van der Waals surface area contributed by atoms with Crippen LogP contribution < -0.4 is 4.74 Å². The van der Waals surface area contributed by atoms with Crippen molar-refractivity contribution < 1.29 is 14.5 Å². The number of aromatic nitrogens is 1. The number of benzene rings is 2. The summed E-state index contributed by atoms with van der Waals surface area (Å²) in [5.41, 5.74) is 4.11. The predicted molar refractivity (Wildman–Crippen MR) is 102 cm³/mol. The van der Waals surface area contributed by atoms with Crippen molar-refractivity contribution in [1.29, 1.82) is 0 Å². The minimum Gasteiger partial charge on any atom is -0.494 e. The molecule has 25 heavy (non-hydrogen) atoms. The number of nitrogens with zero attached hydrogens (tertiary/aromatic N) is 1. The second-order valence-electron chi connectivity index (χ2n) is 5.62. The molecule has 3 aromatic rings. The van der Waals surface area contributed by atoms with Crippen molar-refractivity contribution in [2.45, 2.75) is 20.0 Å². The van der Waals surface area contributed by atoms with E-state index in [9.17, 15) is 0 Å². The molecule has 130 valence electrons. The van der Waals surface area contributed by atoms with Gasteiger partial charge >= 0.3 is 0 Å². The Bertz CT molecular complexity index is 852. The molecule has 0 fully saturated rings. The van der Waals surface area contributed by atoms with Crippen LogP contribution in [0.25, 0.3) is 10.9 Å². The SMILES string of the molecule is CCOOCc1cc(Br)c2cc(Cc3ccccc3)cnc2c1OC. The van der Waals surface area contributed by atoms with E-state index in [-0.39, 0.29) is 0 Å². The molecule has 5 heteroatoms. The Labute approximate surface area is 155 Å². The van der Waals surface area contributed by atoms with Gasteiger partial charge in [0.2, 0.25) is 0 Å². The summed E-state index contributed by atoms with van der Waals surface area (Å²) in [5.74, 6) is 0.712. The minimum absolute atomic E-state index is 0.305. The number of hydrogen-bond acceptors (Lipinski definition) is 4. The van der Waals surface area contributed by atoms with Crippen molar-refractivity contribution in [3.05, 3.63) is 69.8 Å². The van der Waals surface area contributed by atoms with E-state index in [1.165, 1.54) is 5.56 Å². The van der Waals surface area contributed by atoms with Crippen molar-refractivity contribution in [2.75, 3.05) is 13.7 Å². The average Bonchev–Trinajstić information content (AvgIpc) is 2.63. The molecule has 0 saturated carbocycles. The highest BCUT2D eigenvalue weighted by atomic mass is 79.9. The molecule has 3 rings (SSSR count). The van der Waals surface area contributed by atoms with Crippen LogP contribution in [0.15, 0.2) is 53.1 Å². The van der Waals surface area contributed by atoms with Gasteiger partial charge in [0.1, 0.15) is 12.1 Å². The zero-order valence-electron chi connectivity index (χ0n) is 14.3. The summed E-state index contributed by atoms with van der Waals surface area (Å²) in [6, 6.07) is 14.5. The summed E-state index contributed by atoms with van der Waals surface area (Å²) < 4.78 is 6.54. The van der Waals surface area contributed by atoms with Gasteiger partial charge in [-0.1, -0.05) is 46.3 Å². The molecule has 0 unspecified atom stereocenters. The molecule has 0 amide bonds. The first-order valence-electron chi connectivity index (χ1n) is 8.15. The lowest BCUT2D eigenvalue weighted by Gasteiger charge is -2.13. The van der Waals surface area contributed by atoms with Crippen molar-refractivity contribution >= 4 is 26.8 Å². The number of halogens is 1. The number of hydrogen-bond donors (Lipinski definition) is 0. The first kappa shape index (κ1) is 17.9. The Hall–Kier alpha value is -1.95. The summed E-state index contributed by atoms with van der Waals surface area (Å²) in [5, 5.41) is 1.02. The van der Waals surface area contributed by atoms with Gasteiger partial charge in [0.15, 0.2) is 5.75 Å². The molecule has 0 N–H and O–H groups in total. The second kappa shape index (κ2) is 8.43. The van der Waals surface area contributed by atoms with Crippen molar-refractivity contribution in [3.63, 3.8) is 0 Å². The third-order valence-electron chi connectivity index (χ3n) is 3.88. The number of pyridine rings is 1. The average molecular weight is 402 g/mol. The van der Waals surface area contributed by atoms with Gasteiger partial charge in [-0.2, -0.15) is 0 Å². The highest BCUT2D eigenvalue weighted by Crippen LogP contribution is 2.35. The van der Waals surface area contributed by atoms with E-state index in [4.69, 9.17) is 14.5 Å². The molecular formula is C20H20BrNO3. The zero-order chi connectivity index (χ0) is 17.6. The van der Waals surface area contributed by atoms with Gasteiger partial charge in [-0.15, -0.1) is 0 Å². The highest BCUT2D eigenvalue weighted by molar-refractivity contribution is 9.10. The Morgan fingerprint density at radius 2 is 1.84 bits per heavy atom. The topological polar surface area (TPSA) is 40.6 Å². The number of ether oxygens (including phenoxy) is 1. The van der Waals surface area contributed by atoms with Gasteiger partial charge < -0.3 is 4.74 Å². The Kier molecular flexibility index (Phi) is 6.02. The van der Waals surface area contributed by atoms with Gasteiger partial charge in [0.25, 0.3) is 0 Å². The van der Waals surface area contributed by atoms with E-state index in [1.807, 2.05) is 37.4 Å². The molecule has 0 spiro atoms. The molecular weight excluding hydrogens is 382 g/mol. The molecule has 0 saturated heterocycles. The third-order valence-corrected chi connectivity index (χ3v) is 4.54. The Morgan fingerprint density at radius 1 is 1.04 bits per heavy atom. The predicted octanol–water partition coefficient (Wildman–Crippen LogP) is 5.06. The molecule has 0 aliphatic heterocycles. The molecule has 0 atom stereocenters. The smallest absolute Gasteiger partial charge is 0.150 e. The minimum atomic E-state index is 0.305. The lowest BCUT2D eigenvalue weighted by Crippen LogP contribution is -2.00. The number of rotatable bonds is 7. The largest absolute Gasteiger partial charge is 0.494 e. The van der Waals surface area contributed by atoms with E-state index in [1.54, 1.807) is 7.11 Å². The molecule has 0 aliphatic carbocycles. The van der Waals surface area contributed by atoms with Crippen LogP contribution in [0.5, 0.6) is 5.75 Å². The lowest BCUT2D eigenvalue weighted by atomic mass is 10.0. The Morgan fingerprint density at radius 3 is 2.56 bits per heavy atom. The molecule has 1 aromatic heterocycles. The van der Waals surface area contributed by atoms with Crippen LogP contribution in [0.3, 0.4) is 0 Å². The van der Waals surface area contributed by atoms with E-state index >= 15 is 0 Å². The van der Waals surface area contributed by atoms with E-state index in [0.717, 1.165) is 32.9 Å². The van der Waals surface area contributed by atoms with Crippen molar-refractivity contribution in [3.8, 4) is 5.75 Å². The van der Waals surface area contributed by atoms with Crippen LogP contribution in [0, 0.1) is 0 Å². The standard InChI is InChI=1S/C20H20BrNO3/c1-3-24-25-13-16-11-18(21)17-10-15(9-14-7-5-4-6-8-14)12-22-19(17)20(16)23-2/h4-8,10-12H,3,9,13H2,1-2H3. The fraction of sp³-hybridized carbons (Fsp3) is 0.250. The van der Waals surface area contributed by atoms with Crippen LogP contribution in [-0.4, -0.2) is 18.7 Å². The Balaban J connectivity index is 1.96. The van der Waals surface area contributed by atoms with Crippen LogP contribution in [0.1, 0.15) is 23.6 Å². The molecule has 0 radical (unpaired) electrons. The molecule has 2 aromatic carbocycles. The maximum absolute atomic E-state index is 5.58. The fourth-order valence-electron chi connectivity index (χ4n) is 2.77. The molecule has 0 aliphatic rings. The van der Waals surface area contributed by atoms with Crippen LogP contribution in [0.2, 0.25) is 0 Å². The first-order valence-corrected chi connectivity index (χ1v) is 8.94. The summed E-state index contributed by atoms with van der Waals surface area (Å²) >= 11 is 3.65. The van der Waals surface area contributed by atoms with Gasteiger partial charge in [-0.25, -0.2) is 9.78 Å². The monoisotopic (exact) mass is 401 g/mol. The number of methoxy groups -OCH3 is 1. The third kappa shape index (κ3) is 4.18. The quantitative estimate of drug-likeness (QED) is 0.315. The summed E-state index contributed by atoms with van der Waals surface area (Å²) in [6.45, 7) is 2.68. The molecule has 1 heterocycles. The molecule has 0 bridgehead atoms. The van der Waals surface area contributed by atoms with Crippen LogP contribution in [0.4, 0.5) is 0 Å². The molecule has 4 nitrogen and oxygen atoms in total. The van der Waals surface area contributed by atoms with Crippen LogP contribution in [-0.2, 0) is 22.8 Å². The van der Waals surface area contributed by atoms with Crippen LogP contribution >= 0.6 is 15.9 Å². The lowest BCUT2D eigenvalue weighted by molar-refractivity contribution is -0.300. The van der Waals surface area contributed by atoms with Crippen molar-refractivity contribution in [1.82, 2.24) is 4.98 Å². The van der Waals surface area contributed by atoms with E-state index < -0.39 is 0 Å². The first-order chi connectivity index (χ1) is 12.2. The van der Waals surface area contributed by atoms with Gasteiger partial charge in [0.05, 0.1) is 13.7 Å². The number of fused-ring (bicyclic) bond motifs is 1. The van der Waals surface area contributed by atoms with Gasteiger partial charge in [-0.05, 0) is 36.6 Å². The zero-order valence-corrected chi connectivity index (χ0v) is 15.9.